The maximum Gasteiger partial charge on any atom is 0.405 e. The molecule has 0 aromatic heterocycles. The molecule has 1 aliphatic heterocycles. The molecule has 1 aliphatic rings. The summed E-state index contributed by atoms with van der Waals surface area (Å²) in [5.41, 5.74) is 5.17. The number of amides is 1. The van der Waals surface area contributed by atoms with Gasteiger partial charge in [-0.1, -0.05) is 0 Å². The minimum absolute atomic E-state index is 0.0181. The molecule has 0 aromatic carbocycles. The topological polar surface area (TPSA) is 58.4 Å². The smallest absolute Gasteiger partial charge is 0.354 e. The summed E-state index contributed by atoms with van der Waals surface area (Å²) >= 11 is 0. The average Bonchev–Trinajstić information content (AvgIpc) is 2.18. The lowest BCUT2D eigenvalue weighted by Crippen LogP contribution is -2.55. The van der Waals surface area contributed by atoms with Gasteiger partial charge in [-0.3, -0.25) is 9.69 Å². The van der Waals surface area contributed by atoms with Gasteiger partial charge in [0.1, 0.15) is 6.04 Å². The Hall–Kier alpha value is -0.820. The van der Waals surface area contributed by atoms with E-state index >= 15 is 0 Å². The van der Waals surface area contributed by atoms with Gasteiger partial charge < -0.3 is 11.1 Å². The minimum Gasteiger partial charge on any atom is -0.354 e. The number of nitrogens with two attached hydrogens (primary N) is 1. The summed E-state index contributed by atoms with van der Waals surface area (Å²) in [7, 11) is 0. The predicted octanol–water partition coefficient (Wildman–Crippen LogP) is 0.476. The van der Waals surface area contributed by atoms with Gasteiger partial charge in [-0.05, 0) is 12.8 Å². The lowest BCUT2D eigenvalue weighted by Gasteiger charge is -2.37. The fraction of sp³-hybridized carbons (Fsp3) is 0.900. The zero-order valence-corrected chi connectivity index (χ0v) is 9.76. The number of carbonyl (C=O) groups is 1. The average molecular weight is 253 g/mol. The maximum atomic E-state index is 12.6. The molecule has 1 atom stereocenters. The van der Waals surface area contributed by atoms with E-state index in [0.29, 0.717) is 25.9 Å². The van der Waals surface area contributed by atoms with E-state index in [2.05, 4.69) is 5.32 Å². The Balaban J connectivity index is 2.48. The largest absolute Gasteiger partial charge is 0.405 e. The van der Waals surface area contributed by atoms with Crippen LogP contribution in [-0.4, -0.2) is 48.7 Å². The number of hydrogen-bond donors (Lipinski definition) is 2. The number of hydrogen-bond acceptors (Lipinski definition) is 3. The van der Waals surface area contributed by atoms with Crippen LogP contribution >= 0.6 is 0 Å². The molecule has 1 rings (SSSR count). The summed E-state index contributed by atoms with van der Waals surface area (Å²) in [4.78, 5) is 12.2. The Morgan fingerprint density at radius 2 is 2.00 bits per heavy atom. The molecular formula is C10H18F3N3O. The molecule has 0 aromatic rings. The second kappa shape index (κ2) is 5.68. The molecule has 100 valence electrons. The standard InChI is InChI=1S/C10H18F3N3O/c1-7(17)15-8-2-4-16(5-3-8)9(6-14)10(11,12)13/h8-9H,2-6,14H2,1H3,(H,15,17). The molecule has 0 aliphatic carbocycles. The first kappa shape index (κ1) is 14.2. The van der Waals surface area contributed by atoms with Crippen LogP contribution in [-0.2, 0) is 4.79 Å². The number of carbonyl (C=O) groups excluding carboxylic acids is 1. The second-order valence-electron chi connectivity index (χ2n) is 4.30. The van der Waals surface area contributed by atoms with Crippen LogP contribution in [0.1, 0.15) is 19.8 Å². The van der Waals surface area contributed by atoms with Crippen molar-refractivity contribution in [3.63, 3.8) is 0 Å². The number of likely N-dealkylation sites (tertiary alicyclic amines) is 1. The van der Waals surface area contributed by atoms with Crippen molar-refractivity contribution < 1.29 is 18.0 Å². The molecule has 1 heterocycles. The van der Waals surface area contributed by atoms with Crippen molar-refractivity contribution in [1.82, 2.24) is 10.2 Å². The number of nitrogens with one attached hydrogen (secondary N) is 1. The summed E-state index contributed by atoms with van der Waals surface area (Å²) < 4.78 is 37.9. The van der Waals surface area contributed by atoms with E-state index in [-0.39, 0.29) is 11.9 Å². The molecule has 3 N–H and O–H groups in total. The van der Waals surface area contributed by atoms with E-state index in [4.69, 9.17) is 5.73 Å². The molecule has 1 fully saturated rings. The van der Waals surface area contributed by atoms with Crippen LogP contribution in [0.15, 0.2) is 0 Å². The third-order valence-corrected chi connectivity index (χ3v) is 2.98. The van der Waals surface area contributed by atoms with Gasteiger partial charge in [-0.2, -0.15) is 13.2 Å². The molecule has 17 heavy (non-hydrogen) atoms. The summed E-state index contributed by atoms with van der Waals surface area (Å²) in [5.74, 6) is -0.144. The lowest BCUT2D eigenvalue weighted by molar-refractivity contribution is -0.183. The van der Waals surface area contributed by atoms with E-state index < -0.39 is 18.8 Å². The van der Waals surface area contributed by atoms with E-state index in [1.165, 1.54) is 11.8 Å². The highest BCUT2D eigenvalue weighted by molar-refractivity contribution is 5.73. The van der Waals surface area contributed by atoms with Crippen LogP contribution in [0.25, 0.3) is 0 Å². The molecule has 1 unspecified atom stereocenters. The minimum atomic E-state index is -4.28. The first-order chi connectivity index (χ1) is 7.84. The van der Waals surface area contributed by atoms with Crippen molar-refractivity contribution in [2.45, 2.75) is 38.0 Å². The summed E-state index contributed by atoms with van der Waals surface area (Å²) in [6, 6.07) is -1.59. The van der Waals surface area contributed by atoms with Crippen molar-refractivity contribution in [3.05, 3.63) is 0 Å². The third-order valence-electron chi connectivity index (χ3n) is 2.98. The Morgan fingerprint density at radius 3 is 2.35 bits per heavy atom. The number of halogens is 3. The Labute approximate surface area is 98.3 Å². The predicted molar refractivity (Wildman–Crippen MR) is 57.3 cm³/mol. The third kappa shape index (κ3) is 4.16. The molecule has 7 heteroatoms. The zero-order chi connectivity index (χ0) is 13.1. The highest BCUT2D eigenvalue weighted by atomic mass is 19.4. The van der Waals surface area contributed by atoms with Crippen LogP contribution in [0, 0.1) is 0 Å². The van der Waals surface area contributed by atoms with Gasteiger partial charge in [0.2, 0.25) is 5.91 Å². The van der Waals surface area contributed by atoms with Gasteiger partial charge in [0.05, 0.1) is 0 Å². The van der Waals surface area contributed by atoms with Crippen molar-refractivity contribution in [3.8, 4) is 0 Å². The summed E-state index contributed by atoms with van der Waals surface area (Å²) in [6.45, 7) is 1.61. The molecule has 1 saturated heterocycles. The van der Waals surface area contributed by atoms with E-state index in [1.54, 1.807) is 0 Å². The normalized spacial score (nSPS) is 21.2. The summed E-state index contributed by atoms with van der Waals surface area (Å²) in [6.07, 6.45) is -3.21. The fourth-order valence-corrected chi connectivity index (χ4v) is 2.13. The van der Waals surface area contributed by atoms with Gasteiger partial charge in [-0.25, -0.2) is 0 Å². The van der Waals surface area contributed by atoms with E-state index in [9.17, 15) is 18.0 Å². The molecular weight excluding hydrogens is 235 g/mol. The highest BCUT2D eigenvalue weighted by Gasteiger charge is 2.43. The van der Waals surface area contributed by atoms with E-state index in [1.807, 2.05) is 0 Å². The van der Waals surface area contributed by atoms with E-state index in [0.717, 1.165) is 0 Å². The van der Waals surface area contributed by atoms with Crippen LogP contribution in [0.2, 0.25) is 0 Å². The fourth-order valence-electron chi connectivity index (χ4n) is 2.13. The van der Waals surface area contributed by atoms with Gasteiger partial charge in [-0.15, -0.1) is 0 Å². The van der Waals surface area contributed by atoms with Crippen molar-refractivity contribution in [2.75, 3.05) is 19.6 Å². The zero-order valence-electron chi connectivity index (χ0n) is 9.76. The quantitative estimate of drug-likeness (QED) is 0.769. The molecule has 1 amide bonds. The molecule has 4 nitrogen and oxygen atoms in total. The number of alkyl halides is 3. The monoisotopic (exact) mass is 253 g/mol. The van der Waals surface area contributed by atoms with Crippen molar-refractivity contribution in [2.24, 2.45) is 5.73 Å². The van der Waals surface area contributed by atoms with Crippen LogP contribution in [0.4, 0.5) is 13.2 Å². The molecule has 0 radical (unpaired) electrons. The molecule has 0 bridgehead atoms. The Bertz CT molecular complexity index is 262. The second-order valence-corrected chi connectivity index (χ2v) is 4.30. The number of piperidine rings is 1. The van der Waals surface area contributed by atoms with Gasteiger partial charge in [0.25, 0.3) is 0 Å². The van der Waals surface area contributed by atoms with Gasteiger partial charge in [0.15, 0.2) is 0 Å². The Kier molecular flexibility index (Phi) is 4.76. The van der Waals surface area contributed by atoms with Gasteiger partial charge in [0, 0.05) is 32.6 Å². The Morgan fingerprint density at radius 1 is 1.47 bits per heavy atom. The SMILES string of the molecule is CC(=O)NC1CCN(C(CN)C(F)(F)F)CC1. The highest BCUT2D eigenvalue weighted by Crippen LogP contribution is 2.26. The summed E-state index contributed by atoms with van der Waals surface area (Å²) in [5, 5.41) is 2.72. The first-order valence-corrected chi connectivity index (χ1v) is 5.62. The van der Waals surface area contributed by atoms with Crippen LogP contribution < -0.4 is 11.1 Å². The first-order valence-electron chi connectivity index (χ1n) is 5.62. The van der Waals surface area contributed by atoms with Crippen molar-refractivity contribution >= 4 is 5.91 Å². The molecule has 0 saturated carbocycles. The lowest BCUT2D eigenvalue weighted by atomic mass is 10.0. The number of rotatable bonds is 3. The van der Waals surface area contributed by atoms with Crippen LogP contribution in [0.5, 0.6) is 0 Å². The van der Waals surface area contributed by atoms with Gasteiger partial charge >= 0.3 is 6.18 Å². The van der Waals surface area contributed by atoms with Crippen LogP contribution in [0.3, 0.4) is 0 Å². The molecule has 0 spiro atoms. The number of nitrogens with zero attached hydrogens (tertiary/aromatic N) is 1. The maximum absolute atomic E-state index is 12.6. The van der Waals surface area contributed by atoms with Crippen molar-refractivity contribution in [1.29, 1.82) is 0 Å².